The summed E-state index contributed by atoms with van der Waals surface area (Å²) < 4.78 is 5.72. The Morgan fingerprint density at radius 3 is 2.65 bits per heavy atom. The first-order valence-corrected chi connectivity index (χ1v) is 9.23. The van der Waals surface area contributed by atoms with E-state index in [1.807, 2.05) is 24.3 Å². The van der Waals surface area contributed by atoms with Gasteiger partial charge in [0.1, 0.15) is 0 Å². The smallest absolute Gasteiger partial charge is 0.306 e. The molecule has 0 saturated carbocycles. The minimum Gasteiger partial charge on any atom is -0.454 e. The molecule has 0 fully saturated rings. The van der Waals surface area contributed by atoms with Crippen molar-refractivity contribution in [3.63, 3.8) is 0 Å². The number of ketones is 2. The Hall–Kier alpha value is -2.44. The number of benzene rings is 1. The van der Waals surface area contributed by atoms with Crippen molar-refractivity contribution in [3.8, 4) is 0 Å². The number of para-hydroxylation sites is 1. The van der Waals surface area contributed by atoms with Crippen molar-refractivity contribution in [2.45, 2.75) is 25.9 Å². The summed E-state index contributed by atoms with van der Waals surface area (Å²) in [5.74, 6) is -1.04. The Kier molecular flexibility index (Phi) is 5.54. The van der Waals surface area contributed by atoms with Gasteiger partial charge in [-0.15, -0.1) is 11.3 Å². The van der Waals surface area contributed by atoms with Gasteiger partial charge in [-0.1, -0.05) is 29.8 Å². The van der Waals surface area contributed by atoms with Crippen LogP contribution in [0.4, 0.5) is 0 Å². The highest BCUT2D eigenvalue weighted by molar-refractivity contribution is 7.18. The van der Waals surface area contributed by atoms with Crippen molar-refractivity contribution < 1.29 is 19.1 Å². The van der Waals surface area contributed by atoms with Gasteiger partial charge in [0.15, 0.2) is 11.9 Å². The molecule has 0 unspecified atom stereocenters. The number of H-pyrrole nitrogens is 1. The summed E-state index contributed by atoms with van der Waals surface area (Å²) in [6.45, 7) is 1.53. The first-order chi connectivity index (χ1) is 12.5. The number of nitrogens with one attached hydrogen (secondary N) is 1. The second-order valence-corrected chi connectivity index (χ2v) is 7.49. The first-order valence-electron chi connectivity index (χ1n) is 8.04. The van der Waals surface area contributed by atoms with Crippen LogP contribution in [0.3, 0.4) is 0 Å². The zero-order valence-corrected chi connectivity index (χ0v) is 15.5. The molecular weight excluding hydrogens is 374 g/mol. The number of aromatic nitrogens is 1. The molecule has 0 aliphatic carbocycles. The summed E-state index contributed by atoms with van der Waals surface area (Å²) in [7, 11) is 0. The normalized spacial score (nSPS) is 12.1. The third-order valence-electron chi connectivity index (χ3n) is 3.94. The summed E-state index contributed by atoms with van der Waals surface area (Å²) in [4.78, 5) is 40.0. The van der Waals surface area contributed by atoms with Crippen LogP contribution < -0.4 is 0 Å². The molecule has 1 aromatic carbocycles. The molecule has 0 bridgehead atoms. The molecule has 1 N–H and O–H groups in total. The van der Waals surface area contributed by atoms with Crippen LogP contribution in [0.25, 0.3) is 10.9 Å². The zero-order chi connectivity index (χ0) is 18.7. The number of halogens is 1. The van der Waals surface area contributed by atoms with Crippen molar-refractivity contribution in [2.75, 3.05) is 0 Å². The number of carbonyl (C=O) groups excluding carboxylic acids is 3. The number of thiophene rings is 1. The molecule has 0 radical (unpaired) electrons. The van der Waals surface area contributed by atoms with Gasteiger partial charge in [0.2, 0.25) is 5.78 Å². The number of carbonyl (C=O) groups is 3. The van der Waals surface area contributed by atoms with E-state index in [1.165, 1.54) is 18.3 Å². The fourth-order valence-electron chi connectivity index (χ4n) is 2.61. The minimum atomic E-state index is -0.923. The van der Waals surface area contributed by atoms with Crippen molar-refractivity contribution in [1.29, 1.82) is 0 Å². The van der Waals surface area contributed by atoms with Crippen molar-refractivity contribution in [3.05, 3.63) is 57.4 Å². The lowest BCUT2D eigenvalue weighted by Crippen LogP contribution is -2.24. The average molecular weight is 390 g/mol. The second kappa shape index (κ2) is 7.85. The van der Waals surface area contributed by atoms with E-state index in [-0.39, 0.29) is 24.4 Å². The molecule has 7 heteroatoms. The van der Waals surface area contributed by atoms with Gasteiger partial charge >= 0.3 is 5.97 Å². The maximum Gasteiger partial charge on any atom is 0.306 e. The largest absolute Gasteiger partial charge is 0.454 e. The number of hydrogen-bond donors (Lipinski definition) is 1. The lowest BCUT2D eigenvalue weighted by Gasteiger charge is -2.11. The molecule has 2 aromatic heterocycles. The Morgan fingerprint density at radius 2 is 1.92 bits per heavy atom. The highest BCUT2D eigenvalue weighted by Gasteiger charge is 2.22. The predicted octanol–water partition coefficient (Wildman–Crippen LogP) is 4.66. The molecule has 2 heterocycles. The second-order valence-electron chi connectivity index (χ2n) is 5.77. The maximum atomic E-state index is 12.5. The van der Waals surface area contributed by atoms with Crippen molar-refractivity contribution >= 4 is 51.4 Å². The number of hydrogen-bond acceptors (Lipinski definition) is 5. The molecule has 0 spiro atoms. The Balaban J connectivity index is 1.57. The van der Waals surface area contributed by atoms with E-state index in [2.05, 4.69) is 4.98 Å². The number of aromatic amines is 1. The van der Waals surface area contributed by atoms with Gasteiger partial charge in [-0.05, 0) is 25.1 Å². The van der Waals surface area contributed by atoms with E-state index in [9.17, 15) is 14.4 Å². The summed E-state index contributed by atoms with van der Waals surface area (Å²) in [5.41, 5.74) is 1.32. The van der Waals surface area contributed by atoms with Gasteiger partial charge in [0.05, 0.1) is 15.6 Å². The van der Waals surface area contributed by atoms with Gasteiger partial charge in [0.25, 0.3) is 0 Å². The van der Waals surface area contributed by atoms with Gasteiger partial charge in [0, 0.05) is 29.1 Å². The van der Waals surface area contributed by atoms with Crippen LogP contribution in [-0.4, -0.2) is 28.6 Å². The van der Waals surface area contributed by atoms with E-state index < -0.39 is 12.1 Å². The van der Waals surface area contributed by atoms with Crippen LogP contribution in [0.2, 0.25) is 4.34 Å². The molecule has 0 aliphatic rings. The van der Waals surface area contributed by atoms with Crippen LogP contribution in [0.15, 0.2) is 42.6 Å². The maximum absolute atomic E-state index is 12.5. The lowest BCUT2D eigenvalue weighted by atomic mass is 10.1. The molecule has 3 aromatic rings. The molecule has 0 aliphatic heterocycles. The number of rotatable bonds is 7. The number of ether oxygens (including phenoxy) is 1. The van der Waals surface area contributed by atoms with Crippen LogP contribution in [-0.2, 0) is 9.53 Å². The standard InChI is InChI=1S/C19H16ClNO4S/c1-11(19(24)13-10-21-14-5-3-2-4-12(13)14)25-18(23)9-6-15(22)16-7-8-17(20)26-16/h2-5,7-8,10-11,21H,6,9H2,1H3/t11-/m1/s1. The molecular formula is C19H16ClNO4S. The first kappa shape index (κ1) is 18.4. The van der Waals surface area contributed by atoms with E-state index in [4.69, 9.17) is 16.3 Å². The third-order valence-corrected chi connectivity index (χ3v) is 5.21. The topological polar surface area (TPSA) is 76.2 Å². The molecule has 0 saturated heterocycles. The summed E-state index contributed by atoms with van der Waals surface area (Å²) in [5, 5.41) is 0.783. The molecule has 5 nitrogen and oxygen atoms in total. The third kappa shape index (κ3) is 4.03. The Morgan fingerprint density at radius 1 is 1.15 bits per heavy atom. The van der Waals surface area contributed by atoms with Gasteiger partial charge in [-0.25, -0.2) is 0 Å². The van der Waals surface area contributed by atoms with E-state index in [1.54, 1.807) is 18.3 Å². The SMILES string of the molecule is C[C@@H](OC(=O)CCC(=O)c1ccc(Cl)s1)C(=O)c1c[nH]c2ccccc12. The molecule has 1 atom stereocenters. The van der Waals surface area contributed by atoms with Gasteiger partial charge < -0.3 is 9.72 Å². The molecule has 134 valence electrons. The number of fused-ring (bicyclic) bond motifs is 1. The predicted molar refractivity (Wildman–Crippen MR) is 101 cm³/mol. The highest BCUT2D eigenvalue weighted by Crippen LogP contribution is 2.23. The summed E-state index contributed by atoms with van der Waals surface area (Å²) in [6.07, 6.45) is 0.623. The minimum absolute atomic E-state index is 0.0175. The zero-order valence-electron chi connectivity index (χ0n) is 14.0. The quantitative estimate of drug-likeness (QED) is 0.471. The van der Waals surface area contributed by atoms with Gasteiger partial charge in [-0.2, -0.15) is 0 Å². The Bertz CT molecular complexity index is 975. The monoisotopic (exact) mass is 389 g/mol. The van der Waals surface area contributed by atoms with E-state index in [0.29, 0.717) is 14.8 Å². The van der Waals surface area contributed by atoms with E-state index in [0.717, 1.165) is 10.9 Å². The van der Waals surface area contributed by atoms with Crippen LogP contribution in [0.1, 0.15) is 39.8 Å². The van der Waals surface area contributed by atoms with Crippen LogP contribution in [0, 0.1) is 0 Å². The summed E-state index contributed by atoms with van der Waals surface area (Å²) >= 11 is 6.97. The summed E-state index contributed by atoms with van der Waals surface area (Å²) in [6, 6.07) is 10.7. The number of esters is 1. The fourth-order valence-corrected chi connectivity index (χ4v) is 3.62. The van der Waals surface area contributed by atoms with Crippen molar-refractivity contribution in [2.24, 2.45) is 0 Å². The fraction of sp³-hybridized carbons (Fsp3) is 0.211. The van der Waals surface area contributed by atoms with Gasteiger partial charge in [-0.3, -0.25) is 14.4 Å². The molecule has 26 heavy (non-hydrogen) atoms. The van der Waals surface area contributed by atoms with Crippen LogP contribution in [0.5, 0.6) is 0 Å². The molecule has 3 rings (SSSR count). The van der Waals surface area contributed by atoms with Crippen molar-refractivity contribution in [1.82, 2.24) is 4.98 Å². The lowest BCUT2D eigenvalue weighted by molar-refractivity contribution is -0.146. The van der Waals surface area contributed by atoms with E-state index >= 15 is 0 Å². The molecule has 0 amide bonds. The average Bonchev–Trinajstić information content (AvgIpc) is 3.25. The van der Waals surface area contributed by atoms with Crippen LogP contribution >= 0.6 is 22.9 Å². The number of Topliss-reactive ketones (excluding diaryl/α,β-unsaturated/α-hetero) is 2. The Labute approximate surface area is 158 Å². The highest BCUT2D eigenvalue weighted by atomic mass is 35.5.